The number of aliphatic hydroxyl groups is 1. The molecule has 1 heterocycles. The van der Waals surface area contributed by atoms with Gasteiger partial charge in [0.2, 0.25) is 0 Å². The van der Waals surface area contributed by atoms with Crippen LogP contribution in [0.5, 0.6) is 23.0 Å². The van der Waals surface area contributed by atoms with E-state index < -0.39 is 36.8 Å². The Morgan fingerprint density at radius 2 is 1.94 bits per heavy atom. The second-order valence-electron chi connectivity index (χ2n) is 9.42. The summed E-state index contributed by atoms with van der Waals surface area (Å²) in [5.74, 6) is -1.59. The van der Waals surface area contributed by atoms with Gasteiger partial charge in [0.05, 0.1) is 18.8 Å². The summed E-state index contributed by atoms with van der Waals surface area (Å²) in [6.45, 7) is 3.99. The molecule has 0 spiro atoms. The van der Waals surface area contributed by atoms with E-state index in [1.54, 1.807) is 13.0 Å². The van der Waals surface area contributed by atoms with Crippen molar-refractivity contribution in [2.75, 3.05) is 20.5 Å². The number of methoxy groups -OCH3 is 1. The maximum atomic E-state index is 13.4. The Bertz CT molecular complexity index is 1160. The molecule has 0 radical (unpaired) electrons. The molecule has 0 amide bonds. The topological polar surface area (TPSA) is 91.3 Å². The maximum Gasteiger partial charge on any atom is 0.346 e. The molecular weight excluding hydrogens is 542 g/mol. The van der Waals surface area contributed by atoms with Crippen molar-refractivity contribution in [3.05, 3.63) is 44.9 Å². The third kappa shape index (κ3) is 5.34. The fourth-order valence-corrected chi connectivity index (χ4v) is 4.14. The first-order valence-corrected chi connectivity index (χ1v) is 12.2. The molecule has 0 saturated carbocycles. The molecule has 3 rings (SSSR count). The highest BCUT2D eigenvalue weighted by Crippen LogP contribution is 2.47. The predicted octanol–water partition coefficient (Wildman–Crippen LogP) is 6.16. The van der Waals surface area contributed by atoms with Gasteiger partial charge in [0.15, 0.2) is 11.5 Å². The van der Waals surface area contributed by atoms with Crippen molar-refractivity contribution in [3.63, 3.8) is 0 Å². The molecule has 7 nitrogen and oxygen atoms in total. The molecule has 1 N–H and O–H groups in total. The molecule has 1 atom stereocenters. The zero-order valence-corrected chi connectivity index (χ0v) is 22.3. The lowest BCUT2D eigenvalue weighted by Gasteiger charge is -2.26. The molecule has 1 aliphatic rings. The number of halogens is 3. The van der Waals surface area contributed by atoms with Crippen LogP contribution in [0.3, 0.4) is 0 Å². The van der Waals surface area contributed by atoms with Gasteiger partial charge in [-0.1, -0.05) is 13.8 Å². The summed E-state index contributed by atoms with van der Waals surface area (Å²) in [7, 11) is 1.36. The number of hydrogen-bond donors (Lipinski definition) is 1. The van der Waals surface area contributed by atoms with Gasteiger partial charge in [0, 0.05) is 10.0 Å². The van der Waals surface area contributed by atoms with Crippen molar-refractivity contribution in [2.45, 2.75) is 46.8 Å². The van der Waals surface area contributed by atoms with Gasteiger partial charge in [0.1, 0.15) is 42.4 Å². The molecular formula is C26H29BrF2O7. The third-order valence-corrected chi connectivity index (χ3v) is 7.02. The number of cyclic esters (lactones) is 1. The van der Waals surface area contributed by atoms with Gasteiger partial charge < -0.3 is 24.1 Å². The lowest BCUT2D eigenvalue weighted by atomic mass is 9.95. The Labute approximate surface area is 216 Å². The van der Waals surface area contributed by atoms with E-state index in [9.17, 15) is 23.5 Å². The van der Waals surface area contributed by atoms with Crippen LogP contribution in [0.25, 0.3) is 0 Å². The number of aliphatic hydroxyl groups excluding tert-OH is 1. The van der Waals surface area contributed by atoms with Crippen LogP contribution >= 0.6 is 15.9 Å². The van der Waals surface area contributed by atoms with Crippen molar-refractivity contribution < 1.29 is 42.4 Å². The first-order valence-electron chi connectivity index (χ1n) is 11.4. The Balaban J connectivity index is 2.16. The fourth-order valence-electron chi connectivity index (χ4n) is 3.73. The van der Waals surface area contributed by atoms with E-state index in [-0.39, 0.29) is 41.1 Å². The zero-order valence-electron chi connectivity index (χ0n) is 20.7. The molecule has 0 unspecified atom stereocenters. The highest BCUT2D eigenvalue weighted by molar-refractivity contribution is 9.10. The molecule has 1 aliphatic heterocycles. The SMILES string of the molecule is COc1c([C@@H](O)CC(C)C)ccc2c1C(=O)OCc1c(Br)c(C)cc(OC(=O)C(C)(CF)CF)c1O2. The molecule has 36 heavy (non-hydrogen) atoms. The van der Waals surface area contributed by atoms with Crippen molar-refractivity contribution in [3.8, 4) is 23.0 Å². The van der Waals surface area contributed by atoms with Crippen LogP contribution in [0.15, 0.2) is 22.7 Å². The first-order chi connectivity index (χ1) is 17.0. The second-order valence-corrected chi connectivity index (χ2v) is 10.2. The van der Waals surface area contributed by atoms with E-state index in [0.29, 0.717) is 27.6 Å². The summed E-state index contributed by atoms with van der Waals surface area (Å²) in [5.41, 5.74) is -0.657. The summed E-state index contributed by atoms with van der Waals surface area (Å²) in [6, 6.07) is 4.55. The standard InChI is InChI=1S/C26H29BrF2O7/c1-13(2)8-17(30)15-6-7-18-20(23(15)33-5)24(31)34-10-16-21(27)14(3)9-19(22(16)35-18)36-25(32)26(4,11-28)12-29/h6-7,9,13,17,30H,8,10-12H2,1-5H3/t17-/m0/s1. The van der Waals surface area contributed by atoms with Gasteiger partial charge in [-0.25, -0.2) is 13.6 Å². The van der Waals surface area contributed by atoms with E-state index in [4.69, 9.17) is 18.9 Å². The van der Waals surface area contributed by atoms with Crippen molar-refractivity contribution in [1.82, 2.24) is 0 Å². The van der Waals surface area contributed by atoms with Crippen molar-refractivity contribution in [1.29, 1.82) is 0 Å². The van der Waals surface area contributed by atoms with Gasteiger partial charge in [-0.2, -0.15) is 0 Å². The molecule has 0 bridgehead atoms. The second kappa shape index (κ2) is 11.1. The van der Waals surface area contributed by atoms with Gasteiger partial charge in [-0.15, -0.1) is 0 Å². The van der Waals surface area contributed by atoms with Crippen LogP contribution in [-0.2, 0) is 16.1 Å². The fraction of sp³-hybridized carbons (Fsp3) is 0.462. The quantitative estimate of drug-likeness (QED) is 0.300. The van der Waals surface area contributed by atoms with Gasteiger partial charge >= 0.3 is 11.9 Å². The number of fused-ring (bicyclic) bond motifs is 2. The van der Waals surface area contributed by atoms with E-state index in [1.807, 2.05) is 13.8 Å². The molecule has 2 aromatic rings. The van der Waals surface area contributed by atoms with Crippen LogP contribution in [0.1, 0.15) is 60.3 Å². The molecule has 0 aliphatic carbocycles. The number of rotatable bonds is 8. The van der Waals surface area contributed by atoms with E-state index in [0.717, 1.165) is 6.92 Å². The van der Waals surface area contributed by atoms with Gasteiger partial charge in [-0.05, 0) is 65.9 Å². The Hall–Kier alpha value is -2.72. The van der Waals surface area contributed by atoms with Crippen LogP contribution in [0, 0.1) is 18.3 Å². The van der Waals surface area contributed by atoms with Crippen LogP contribution in [-0.4, -0.2) is 37.5 Å². The zero-order chi connectivity index (χ0) is 26.8. The normalized spacial score (nSPS) is 14.1. The predicted molar refractivity (Wildman–Crippen MR) is 131 cm³/mol. The number of hydrogen-bond acceptors (Lipinski definition) is 7. The highest BCUT2D eigenvalue weighted by atomic mass is 79.9. The van der Waals surface area contributed by atoms with Gasteiger partial charge in [-0.3, -0.25) is 4.79 Å². The average Bonchev–Trinajstić information content (AvgIpc) is 2.83. The monoisotopic (exact) mass is 570 g/mol. The largest absolute Gasteiger partial charge is 0.495 e. The van der Waals surface area contributed by atoms with E-state index >= 15 is 0 Å². The number of alkyl halides is 2. The molecule has 10 heteroatoms. The van der Waals surface area contributed by atoms with Gasteiger partial charge in [0.25, 0.3) is 0 Å². The lowest BCUT2D eigenvalue weighted by Crippen LogP contribution is -2.36. The summed E-state index contributed by atoms with van der Waals surface area (Å²) >= 11 is 3.45. The number of aryl methyl sites for hydroxylation is 1. The molecule has 2 aromatic carbocycles. The average molecular weight is 571 g/mol. The third-order valence-electron chi connectivity index (χ3n) is 5.91. The summed E-state index contributed by atoms with van der Waals surface area (Å²) in [5, 5.41) is 10.7. The number of ether oxygens (including phenoxy) is 4. The van der Waals surface area contributed by atoms with Crippen LogP contribution in [0.2, 0.25) is 0 Å². The Kier molecular flexibility index (Phi) is 8.61. The highest BCUT2D eigenvalue weighted by Gasteiger charge is 2.38. The van der Waals surface area contributed by atoms with Crippen LogP contribution in [0.4, 0.5) is 8.78 Å². The number of esters is 2. The van der Waals surface area contributed by atoms with Crippen molar-refractivity contribution in [2.24, 2.45) is 11.3 Å². The number of carbonyl (C=O) groups is 2. The summed E-state index contributed by atoms with van der Waals surface area (Å²) in [6.07, 6.45) is -0.467. The van der Waals surface area contributed by atoms with Crippen molar-refractivity contribution >= 4 is 27.9 Å². The number of carbonyl (C=O) groups excluding carboxylic acids is 2. The Morgan fingerprint density at radius 3 is 2.53 bits per heavy atom. The minimum absolute atomic E-state index is 0.0325. The molecule has 0 aromatic heterocycles. The summed E-state index contributed by atoms with van der Waals surface area (Å²) in [4.78, 5) is 25.7. The Morgan fingerprint density at radius 1 is 1.28 bits per heavy atom. The smallest absolute Gasteiger partial charge is 0.346 e. The van der Waals surface area contributed by atoms with Crippen LogP contribution < -0.4 is 14.2 Å². The molecule has 0 saturated heterocycles. The molecule has 0 fully saturated rings. The minimum Gasteiger partial charge on any atom is -0.495 e. The number of benzene rings is 2. The van der Waals surface area contributed by atoms with E-state index in [2.05, 4.69) is 15.9 Å². The van der Waals surface area contributed by atoms with E-state index in [1.165, 1.54) is 19.2 Å². The molecule has 196 valence electrons. The maximum absolute atomic E-state index is 13.4. The minimum atomic E-state index is -1.98. The lowest BCUT2D eigenvalue weighted by molar-refractivity contribution is -0.147. The first kappa shape index (κ1) is 27.9. The summed E-state index contributed by atoms with van der Waals surface area (Å²) < 4.78 is 49.9.